The molecule has 1 aliphatic carbocycles. The summed E-state index contributed by atoms with van der Waals surface area (Å²) in [5.74, 6) is 1.27. The van der Waals surface area contributed by atoms with Gasteiger partial charge >= 0.3 is 0 Å². The highest BCUT2D eigenvalue weighted by atomic mass is 32.1. The van der Waals surface area contributed by atoms with Crippen molar-refractivity contribution in [3.63, 3.8) is 0 Å². The molecular weight excluding hydrogens is 344 g/mol. The van der Waals surface area contributed by atoms with Crippen LogP contribution in [0.5, 0.6) is 0 Å². The Kier molecular flexibility index (Phi) is 3.58. The van der Waals surface area contributed by atoms with Gasteiger partial charge in [-0.05, 0) is 49.9 Å². The Morgan fingerprint density at radius 1 is 1.23 bits per heavy atom. The Bertz CT molecular complexity index is 999. The second kappa shape index (κ2) is 5.86. The van der Waals surface area contributed by atoms with Gasteiger partial charge in [0.05, 0.1) is 10.4 Å². The van der Waals surface area contributed by atoms with E-state index < -0.39 is 5.91 Å². The number of thiophene rings is 1. The molecule has 1 saturated heterocycles. The van der Waals surface area contributed by atoms with Crippen molar-refractivity contribution in [1.29, 1.82) is 0 Å². The summed E-state index contributed by atoms with van der Waals surface area (Å²) in [6, 6.07) is 10.6. The highest BCUT2D eigenvalue weighted by Crippen LogP contribution is 2.57. The third-order valence-corrected chi connectivity index (χ3v) is 6.92. The monoisotopic (exact) mass is 364 g/mol. The lowest BCUT2D eigenvalue weighted by Crippen LogP contribution is -2.23. The maximum Gasteiger partial charge on any atom is 0.270 e. The molecule has 1 aromatic carbocycles. The number of piperidine rings is 1. The lowest BCUT2D eigenvalue weighted by molar-refractivity contribution is 0.0996. The molecule has 5 nitrogen and oxygen atoms in total. The van der Waals surface area contributed by atoms with Crippen LogP contribution in [0.4, 0.5) is 0 Å². The summed E-state index contributed by atoms with van der Waals surface area (Å²) >= 11 is 1.58. The van der Waals surface area contributed by atoms with Gasteiger partial charge < -0.3 is 11.1 Å². The average Bonchev–Trinajstić information content (AvgIpc) is 3.19. The third kappa shape index (κ3) is 2.44. The van der Waals surface area contributed by atoms with Gasteiger partial charge in [-0.3, -0.25) is 4.79 Å². The van der Waals surface area contributed by atoms with Crippen molar-refractivity contribution in [2.45, 2.75) is 19.3 Å². The van der Waals surface area contributed by atoms with Crippen LogP contribution >= 0.6 is 11.3 Å². The summed E-state index contributed by atoms with van der Waals surface area (Å²) in [5, 5.41) is 13.2. The van der Waals surface area contributed by atoms with Crippen molar-refractivity contribution in [3.05, 3.63) is 47.3 Å². The Labute approximate surface area is 155 Å². The van der Waals surface area contributed by atoms with Gasteiger partial charge in [-0.1, -0.05) is 29.8 Å². The topological polar surface area (TPSA) is 80.9 Å². The zero-order valence-corrected chi connectivity index (χ0v) is 15.3. The van der Waals surface area contributed by atoms with Crippen LogP contribution in [0.15, 0.2) is 30.3 Å². The summed E-state index contributed by atoms with van der Waals surface area (Å²) in [4.78, 5) is 13.0. The first kappa shape index (κ1) is 15.9. The molecule has 1 unspecified atom stereocenters. The number of nitrogens with one attached hydrogen (secondary N) is 1. The first-order chi connectivity index (χ1) is 12.6. The van der Waals surface area contributed by atoms with Gasteiger partial charge in [0, 0.05) is 16.2 Å². The lowest BCUT2D eigenvalue weighted by atomic mass is 10.1. The van der Waals surface area contributed by atoms with Gasteiger partial charge in [0.25, 0.3) is 5.91 Å². The van der Waals surface area contributed by atoms with Crippen LogP contribution in [-0.4, -0.2) is 29.2 Å². The standard InChI is InChI=1S/C20H20N4OS/c1-10-2-4-11(5-3-10)15-8-13-17(16-12-6-7-22-9-14(12)16)23-24-18(20(21)25)19(13)26-15/h2-5,8,12,14,16,22H,6-7,9H2,1H3,(H2,21,25)/t12?,14-,16+/m1/s1. The van der Waals surface area contributed by atoms with Crippen LogP contribution in [-0.2, 0) is 0 Å². The summed E-state index contributed by atoms with van der Waals surface area (Å²) in [6.07, 6.45) is 1.19. The summed E-state index contributed by atoms with van der Waals surface area (Å²) in [7, 11) is 0. The molecule has 3 N–H and O–H groups in total. The number of nitrogens with zero attached hydrogens (tertiary/aromatic N) is 2. The molecule has 2 aromatic heterocycles. The number of benzene rings is 1. The van der Waals surface area contributed by atoms with Crippen molar-refractivity contribution in [2.75, 3.05) is 13.1 Å². The van der Waals surface area contributed by atoms with Crippen LogP contribution in [0.1, 0.15) is 34.1 Å². The van der Waals surface area contributed by atoms with Crippen molar-refractivity contribution in [3.8, 4) is 10.4 Å². The number of aryl methyl sites for hydroxylation is 1. The minimum absolute atomic E-state index is 0.286. The molecule has 0 spiro atoms. The lowest BCUT2D eigenvalue weighted by Gasteiger charge is -2.07. The van der Waals surface area contributed by atoms with Gasteiger partial charge in [-0.15, -0.1) is 16.4 Å². The van der Waals surface area contributed by atoms with Crippen LogP contribution in [0.3, 0.4) is 0 Å². The second-order valence-electron chi connectivity index (χ2n) is 7.36. The van der Waals surface area contributed by atoms with Crippen molar-refractivity contribution >= 4 is 27.3 Å². The number of carbonyl (C=O) groups excluding carboxylic acids is 1. The SMILES string of the molecule is Cc1ccc(-c2cc3c([C@H]4C5CCNC[C@H]54)nnc(C(N)=O)c3s2)cc1. The average molecular weight is 364 g/mol. The molecule has 3 atom stereocenters. The minimum atomic E-state index is -0.513. The van der Waals surface area contributed by atoms with E-state index in [1.54, 1.807) is 11.3 Å². The molecular formula is C20H20N4OS. The minimum Gasteiger partial charge on any atom is -0.364 e. The van der Waals surface area contributed by atoms with Crippen LogP contribution < -0.4 is 11.1 Å². The Morgan fingerprint density at radius 2 is 2.04 bits per heavy atom. The Balaban J connectivity index is 1.66. The highest BCUT2D eigenvalue weighted by Gasteiger charge is 2.53. The van der Waals surface area contributed by atoms with E-state index in [1.165, 1.54) is 12.0 Å². The van der Waals surface area contributed by atoms with E-state index >= 15 is 0 Å². The molecule has 3 heterocycles. The second-order valence-corrected chi connectivity index (χ2v) is 8.42. The molecule has 132 valence electrons. The van der Waals surface area contributed by atoms with Gasteiger partial charge in [0.15, 0.2) is 5.69 Å². The fraction of sp³-hybridized carbons (Fsp3) is 0.350. The van der Waals surface area contributed by atoms with Gasteiger partial charge in [0.1, 0.15) is 0 Å². The molecule has 26 heavy (non-hydrogen) atoms. The van der Waals surface area contributed by atoms with Crippen molar-refractivity contribution in [1.82, 2.24) is 15.5 Å². The predicted molar refractivity (Wildman–Crippen MR) is 103 cm³/mol. The maximum absolute atomic E-state index is 11.9. The molecule has 6 heteroatoms. The van der Waals surface area contributed by atoms with E-state index in [2.05, 4.69) is 52.8 Å². The van der Waals surface area contributed by atoms with E-state index in [9.17, 15) is 4.79 Å². The normalized spacial score (nSPS) is 24.4. The number of primary amides is 1. The van der Waals surface area contributed by atoms with Crippen LogP contribution in [0.25, 0.3) is 20.5 Å². The fourth-order valence-electron chi connectivity index (χ4n) is 4.29. The Morgan fingerprint density at radius 3 is 2.73 bits per heavy atom. The number of hydrogen-bond acceptors (Lipinski definition) is 5. The van der Waals surface area contributed by atoms with Crippen LogP contribution in [0.2, 0.25) is 0 Å². The molecule has 5 rings (SSSR count). The number of rotatable bonds is 3. The number of nitrogens with two attached hydrogens (primary N) is 1. The molecule has 0 radical (unpaired) electrons. The van der Waals surface area contributed by atoms with Crippen molar-refractivity contribution < 1.29 is 4.79 Å². The first-order valence-corrected chi connectivity index (χ1v) is 9.83. The first-order valence-electron chi connectivity index (χ1n) is 9.01. The largest absolute Gasteiger partial charge is 0.364 e. The maximum atomic E-state index is 11.9. The molecule has 2 fully saturated rings. The zero-order chi connectivity index (χ0) is 17.8. The van der Waals surface area contributed by atoms with Gasteiger partial charge in [-0.25, -0.2) is 0 Å². The van der Waals surface area contributed by atoms with E-state index in [0.717, 1.165) is 39.3 Å². The zero-order valence-electron chi connectivity index (χ0n) is 14.5. The van der Waals surface area contributed by atoms with Gasteiger partial charge in [-0.2, -0.15) is 5.10 Å². The highest BCUT2D eigenvalue weighted by molar-refractivity contribution is 7.22. The number of hydrogen-bond donors (Lipinski definition) is 2. The van der Waals surface area contributed by atoms with E-state index in [4.69, 9.17) is 5.73 Å². The summed E-state index contributed by atoms with van der Waals surface area (Å²) in [6.45, 7) is 4.20. The molecule has 3 aromatic rings. The summed E-state index contributed by atoms with van der Waals surface area (Å²) < 4.78 is 0.870. The predicted octanol–water partition coefficient (Wildman–Crippen LogP) is 3.09. The molecule has 0 bridgehead atoms. The fourth-order valence-corrected chi connectivity index (χ4v) is 5.45. The van der Waals surface area contributed by atoms with E-state index in [-0.39, 0.29) is 5.69 Å². The smallest absolute Gasteiger partial charge is 0.270 e. The number of amides is 1. The Hall–Kier alpha value is -2.31. The van der Waals surface area contributed by atoms with E-state index in [1.807, 2.05) is 0 Å². The van der Waals surface area contributed by atoms with E-state index in [0.29, 0.717) is 17.8 Å². The summed E-state index contributed by atoms with van der Waals surface area (Å²) in [5.41, 5.74) is 9.26. The van der Waals surface area contributed by atoms with Crippen LogP contribution in [0, 0.1) is 18.8 Å². The molecule has 1 saturated carbocycles. The molecule has 1 amide bonds. The van der Waals surface area contributed by atoms with Gasteiger partial charge in [0.2, 0.25) is 0 Å². The number of carbonyl (C=O) groups is 1. The molecule has 2 aliphatic rings. The number of aromatic nitrogens is 2. The quantitative estimate of drug-likeness (QED) is 0.748. The third-order valence-electron chi connectivity index (χ3n) is 5.73. The molecule has 1 aliphatic heterocycles. The number of fused-ring (bicyclic) bond motifs is 2. The van der Waals surface area contributed by atoms with Crippen molar-refractivity contribution in [2.24, 2.45) is 17.6 Å².